The highest BCUT2D eigenvalue weighted by Gasteiger charge is 2.20. The number of benzene rings is 3. The van der Waals surface area contributed by atoms with E-state index in [1.807, 2.05) is 30.3 Å². The highest BCUT2D eigenvalue weighted by molar-refractivity contribution is 5.84. The molecule has 3 nitrogen and oxygen atoms in total. The number of rotatable bonds is 10. The molecule has 0 saturated carbocycles. The van der Waals surface area contributed by atoms with Crippen molar-refractivity contribution in [1.29, 1.82) is 0 Å². The maximum Gasteiger partial charge on any atom is 0.227 e. The van der Waals surface area contributed by atoms with E-state index in [4.69, 9.17) is 9.15 Å². The van der Waals surface area contributed by atoms with E-state index in [1.54, 1.807) is 24.3 Å². The van der Waals surface area contributed by atoms with Gasteiger partial charge in [0, 0.05) is 11.1 Å². The quantitative estimate of drug-likeness (QED) is 0.236. The van der Waals surface area contributed by atoms with Gasteiger partial charge in [0.25, 0.3) is 0 Å². The molecule has 0 aliphatic heterocycles. The fourth-order valence-electron chi connectivity index (χ4n) is 3.81. The lowest BCUT2D eigenvalue weighted by atomic mass is 9.98. The summed E-state index contributed by atoms with van der Waals surface area (Å²) in [6.07, 6.45) is 6.62. The Kier molecular flexibility index (Phi) is 7.15. The molecule has 5 heteroatoms. The van der Waals surface area contributed by atoms with E-state index >= 15 is 4.39 Å². The van der Waals surface area contributed by atoms with Gasteiger partial charge in [0.05, 0.1) is 6.61 Å². The summed E-state index contributed by atoms with van der Waals surface area (Å²) in [4.78, 5) is 4.51. The molecule has 4 aromatic rings. The van der Waals surface area contributed by atoms with Crippen molar-refractivity contribution in [3.05, 3.63) is 72.3 Å². The van der Waals surface area contributed by atoms with Crippen LogP contribution in [0, 0.1) is 11.6 Å². The zero-order valence-corrected chi connectivity index (χ0v) is 18.2. The van der Waals surface area contributed by atoms with Crippen LogP contribution in [-0.4, -0.2) is 11.6 Å². The van der Waals surface area contributed by atoms with Gasteiger partial charge in [0.15, 0.2) is 17.1 Å². The molecule has 3 aromatic carbocycles. The number of fused-ring (bicyclic) bond motifs is 1. The van der Waals surface area contributed by atoms with Crippen LogP contribution in [0.1, 0.15) is 45.4 Å². The first-order valence-corrected chi connectivity index (χ1v) is 11.2. The molecule has 0 saturated heterocycles. The second-order valence-corrected chi connectivity index (χ2v) is 7.89. The van der Waals surface area contributed by atoms with Gasteiger partial charge in [0.1, 0.15) is 5.52 Å². The maximum atomic E-state index is 15.1. The molecule has 0 aliphatic carbocycles. The molecular formula is C27H27F2NO2. The molecule has 4 rings (SSSR count). The molecule has 1 heterocycles. The van der Waals surface area contributed by atoms with Gasteiger partial charge >= 0.3 is 0 Å². The Morgan fingerprint density at radius 1 is 0.750 bits per heavy atom. The molecule has 166 valence electrons. The Labute approximate surface area is 187 Å². The largest absolute Gasteiger partial charge is 0.490 e. The van der Waals surface area contributed by atoms with Crippen molar-refractivity contribution in [3.63, 3.8) is 0 Å². The summed E-state index contributed by atoms with van der Waals surface area (Å²) in [6, 6.07) is 17.6. The normalized spacial score (nSPS) is 11.2. The third-order valence-electron chi connectivity index (χ3n) is 5.54. The van der Waals surface area contributed by atoms with Crippen LogP contribution in [0.2, 0.25) is 0 Å². The number of nitrogens with zero attached hydrogens (tertiary/aromatic N) is 1. The minimum atomic E-state index is -0.971. The SMILES string of the molecule is CCCCCCCCOc1ccc(-c2ccccc2-c2nc3ccccc3o2)c(F)c1F. The summed E-state index contributed by atoms with van der Waals surface area (Å²) in [6.45, 7) is 2.55. The van der Waals surface area contributed by atoms with Gasteiger partial charge in [-0.1, -0.05) is 69.4 Å². The molecule has 0 unspecified atom stereocenters. The Morgan fingerprint density at radius 2 is 1.47 bits per heavy atom. The lowest BCUT2D eigenvalue weighted by Gasteiger charge is -2.12. The number of unbranched alkanes of at least 4 members (excludes halogenated alkanes) is 5. The van der Waals surface area contributed by atoms with Crippen LogP contribution in [0.3, 0.4) is 0 Å². The van der Waals surface area contributed by atoms with Crippen molar-refractivity contribution in [2.24, 2.45) is 0 Å². The van der Waals surface area contributed by atoms with Crippen LogP contribution in [-0.2, 0) is 0 Å². The second kappa shape index (κ2) is 10.4. The zero-order valence-electron chi connectivity index (χ0n) is 18.2. The van der Waals surface area contributed by atoms with Gasteiger partial charge in [-0.25, -0.2) is 9.37 Å². The minimum absolute atomic E-state index is 0.0563. The van der Waals surface area contributed by atoms with Gasteiger partial charge in [-0.05, 0) is 42.3 Å². The third kappa shape index (κ3) is 4.82. The van der Waals surface area contributed by atoms with Crippen LogP contribution in [0.4, 0.5) is 8.78 Å². The Morgan fingerprint density at radius 3 is 2.28 bits per heavy atom. The summed E-state index contributed by atoms with van der Waals surface area (Å²) in [7, 11) is 0. The Bertz CT molecular complexity index is 1150. The molecule has 0 spiro atoms. The third-order valence-corrected chi connectivity index (χ3v) is 5.54. The van der Waals surface area contributed by atoms with Crippen molar-refractivity contribution < 1.29 is 17.9 Å². The predicted octanol–water partition coefficient (Wildman–Crippen LogP) is 8.18. The van der Waals surface area contributed by atoms with E-state index in [0.717, 1.165) is 19.3 Å². The molecule has 32 heavy (non-hydrogen) atoms. The number of para-hydroxylation sites is 2. The zero-order chi connectivity index (χ0) is 22.3. The van der Waals surface area contributed by atoms with Crippen molar-refractivity contribution in [2.45, 2.75) is 45.4 Å². The first-order chi connectivity index (χ1) is 15.7. The van der Waals surface area contributed by atoms with Crippen molar-refractivity contribution in [3.8, 4) is 28.3 Å². The van der Waals surface area contributed by atoms with Crippen LogP contribution in [0.25, 0.3) is 33.7 Å². The van der Waals surface area contributed by atoms with Gasteiger partial charge in [-0.2, -0.15) is 4.39 Å². The average molecular weight is 436 g/mol. The Balaban J connectivity index is 1.54. The minimum Gasteiger partial charge on any atom is -0.490 e. The van der Waals surface area contributed by atoms with Crippen LogP contribution in [0.15, 0.2) is 65.1 Å². The smallest absolute Gasteiger partial charge is 0.227 e. The topological polar surface area (TPSA) is 35.3 Å². The van der Waals surface area contributed by atoms with Gasteiger partial charge in [-0.3, -0.25) is 0 Å². The first kappa shape index (κ1) is 22.0. The highest BCUT2D eigenvalue weighted by atomic mass is 19.2. The van der Waals surface area contributed by atoms with Crippen molar-refractivity contribution >= 4 is 11.1 Å². The molecule has 1 aromatic heterocycles. The molecule has 0 radical (unpaired) electrons. The van der Waals surface area contributed by atoms with E-state index < -0.39 is 11.6 Å². The maximum absolute atomic E-state index is 15.1. The van der Waals surface area contributed by atoms with Gasteiger partial charge in [0.2, 0.25) is 11.7 Å². The van der Waals surface area contributed by atoms with E-state index in [1.165, 1.54) is 25.3 Å². The van der Waals surface area contributed by atoms with Gasteiger partial charge < -0.3 is 9.15 Å². The monoisotopic (exact) mass is 435 g/mol. The lowest BCUT2D eigenvalue weighted by molar-refractivity contribution is 0.285. The molecule has 0 bridgehead atoms. The van der Waals surface area contributed by atoms with E-state index in [9.17, 15) is 4.39 Å². The van der Waals surface area contributed by atoms with E-state index in [2.05, 4.69) is 11.9 Å². The number of ether oxygens (including phenoxy) is 1. The second-order valence-electron chi connectivity index (χ2n) is 7.89. The van der Waals surface area contributed by atoms with Crippen LogP contribution >= 0.6 is 0 Å². The molecule has 0 atom stereocenters. The number of oxazole rings is 1. The number of aromatic nitrogens is 1. The summed E-state index contributed by atoms with van der Waals surface area (Å²) in [5.41, 5.74) is 2.61. The standard InChI is InChI=1S/C27H27F2NO2/c1-2-3-4-5-6-11-18-31-24-17-16-20(25(28)26(24)29)19-12-7-8-13-21(19)27-30-22-14-9-10-15-23(22)32-27/h7-10,12-17H,2-6,11,18H2,1H3. The number of hydrogen-bond acceptors (Lipinski definition) is 3. The first-order valence-electron chi connectivity index (χ1n) is 11.2. The lowest BCUT2D eigenvalue weighted by Crippen LogP contribution is -2.02. The van der Waals surface area contributed by atoms with Crippen LogP contribution < -0.4 is 4.74 Å². The van der Waals surface area contributed by atoms with Crippen molar-refractivity contribution in [1.82, 2.24) is 4.98 Å². The summed E-state index contributed by atoms with van der Waals surface area (Å²) in [5, 5.41) is 0. The number of hydrogen-bond donors (Lipinski definition) is 0. The van der Waals surface area contributed by atoms with E-state index in [0.29, 0.717) is 34.7 Å². The summed E-state index contributed by atoms with van der Waals surface area (Å²) < 4.78 is 41.2. The summed E-state index contributed by atoms with van der Waals surface area (Å²) >= 11 is 0. The van der Waals surface area contributed by atoms with Gasteiger partial charge in [-0.15, -0.1) is 0 Å². The van der Waals surface area contributed by atoms with E-state index in [-0.39, 0.29) is 11.3 Å². The molecule has 0 N–H and O–H groups in total. The van der Waals surface area contributed by atoms with Crippen LogP contribution in [0.5, 0.6) is 5.75 Å². The highest BCUT2D eigenvalue weighted by Crippen LogP contribution is 2.37. The predicted molar refractivity (Wildman–Crippen MR) is 124 cm³/mol. The number of halogens is 2. The molecule has 0 fully saturated rings. The molecule has 0 amide bonds. The fraction of sp³-hybridized carbons (Fsp3) is 0.296. The Hall–Kier alpha value is -3.21. The van der Waals surface area contributed by atoms with Crippen molar-refractivity contribution in [2.75, 3.05) is 6.61 Å². The fourth-order valence-corrected chi connectivity index (χ4v) is 3.81. The summed E-state index contributed by atoms with van der Waals surface area (Å²) in [5.74, 6) is -1.60. The molecular weight excluding hydrogens is 408 g/mol. The average Bonchev–Trinajstić information content (AvgIpc) is 3.25. The molecule has 0 aliphatic rings.